The number of ether oxygens (including phenoxy) is 2. The molecule has 0 amide bonds. The maximum atomic E-state index is 5.83. The van der Waals surface area contributed by atoms with E-state index in [0.29, 0.717) is 0 Å². The van der Waals surface area contributed by atoms with Gasteiger partial charge in [0.05, 0.1) is 13.2 Å². The predicted molar refractivity (Wildman–Crippen MR) is 75.0 cm³/mol. The third-order valence-corrected chi connectivity index (χ3v) is 4.73. The van der Waals surface area contributed by atoms with Crippen molar-refractivity contribution in [3.63, 3.8) is 0 Å². The molecule has 1 aliphatic carbocycles. The van der Waals surface area contributed by atoms with Crippen LogP contribution < -0.4 is 5.32 Å². The van der Waals surface area contributed by atoms with E-state index in [0.717, 1.165) is 38.9 Å². The first kappa shape index (κ1) is 13.1. The molecule has 1 saturated heterocycles. The molecule has 3 rings (SSSR count). The van der Waals surface area contributed by atoms with Gasteiger partial charge in [0.2, 0.25) is 0 Å². The highest BCUT2D eigenvalue weighted by atomic mass is 16.7. The summed E-state index contributed by atoms with van der Waals surface area (Å²) in [6.07, 6.45) is 4.07. The lowest BCUT2D eigenvalue weighted by Gasteiger charge is -2.44. The van der Waals surface area contributed by atoms with Crippen molar-refractivity contribution < 1.29 is 9.47 Å². The molecule has 1 saturated carbocycles. The van der Waals surface area contributed by atoms with E-state index >= 15 is 0 Å². The van der Waals surface area contributed by atoms with Crippen molar-refractivity contribution in [3.05, 3.63) is 35.4 Å². The molecular weight excluding hydrogens is 238 g/mol. The van der Waals surface area contributed by atoms with Crippen molar-refractivity contribution in [2.75, 3.05) is 20.3 Å². The van der Waals surface area contributed by atoms with Crippen molar-refractivity contribution in [1.29, 1.82) is 0 Å². The molecule has 0 unspecified atom stereocenters. The van der Waals surface area contributed by atoms with E-state index < -0.39 is 0 Å². The largest absolute Gasteiger partial charge is 0.348 e. The summed E-state index contributed by atoms with van der Waals surface area (Å²) in [5, 5.41) is 3.56. The van der Waals surface area contributed by atoms with Gasteiger partial charge in [-0.3, -0.25) is 0 Å². The Hall–Kier alpha value is -0.900. The van der Waals surface area contributed by atoms with Gasteiger partial charge in [-0.25, -0.2) is 0 Å². The molecule has 0 atom stereocenters. The first-order valence-electron chi connectivity index (χ1n) is 7.22. The van der Waals surface area contributed by atoms with Crippen LogP contribution in [0.3, 0.4) is 0 Å². The molecule has 104 valence electrons. The Morgan fingerprint density at radius 2 is 1.74 bits per heavy atom. The summed E-state index contributed by atoms with van der Waals surface area (Å²) in [4.78, 5) is 0. The fourth-order valence-corrected chi connectivity index (χ4v) is 3.47. The van der Waals surface area contributed by atoms with E-state index in [1.807, 2.05) is 0 Å². The van der Waals surface area contributed by atoms with E-state index in [4.69, 9.17) is 9.47 Å². The van der Waals surface area contributed by atoms with Crippen LogP contribution >= 0.6 is 0 Å². The van der Waals surface area contributed by atoms with Crippen molar-refractivity contribution in [3.8, 4) is 0 Å². The topological polar surface area (TPSA) is 30.5 Å². The first-order chi connectivity index (χ1) is 9.18. The molecule has 1 spiro atoms. The fraction of sp³-hybridized carbons (Fsp3) is 0.625. The standard InChI is InChI=1S/C16H23NO2/c1-13-4-3-5-14(12-13)15(17-2)6-8-16(9-7-15)18-10-11-19-16/h3-5,12,17H,6-11H2,1-2H3. The van der Waals surface area contributed by atoms with Crippen LogP contribution in [0, 0.1) is 6.92 Å². The molecule has 1 heterocycles. The SMILES string of the molecule is CNC1(c2cccc(C)c2)CCC2(CC1)OCCO2. The minimum atomic E-state index is -0.288. The summed E-state index contributed by atoms with van der Waals surface area (Å²) in [6, 6.07) is 8.83. The van der Waals surface area contributed by atoms with E-state index in [-0.39, 0.29) is 11.3 Å². The van der Waals surface area contributed by atoms with Gasteiger partial charge >= 0.3 is 0 Å². The maximum Gasteiger partial charge on any atom is 0.168 e. The molecule has 0 aromatic heterocycles. The van der Waals surface area contributed by atoms with Crippen LogP contribution in [-0.2, 0) is 15.0 Å². The molecule has 1 aliphatic heterocycles. The number of nitrogens with one attached hydrogen (secondary N) is 1. The normalized spacial score (nSPS) is 24.7. The van der Waals surface area contributed by atoms with Crippen molar-refractivity contribution in [1.82, 2.24) is 5.32 Å². The van der Waals surface area contributed by atoms with Crippen LogP contribution in [0.1, 0.15) is 36.8 Å². The van der Waals surface area contributed by atoms with Crippen LogP contribution in [0.25, 0.3) is 0 Å². The Morgan fingerprint density at radius 3 is 2.32 bits per heavy atom. The van der Waals surface area contributed by atoms with Crippen LogP contribution in [0.4, 0.5) is 0 Å². The van der Waals surface area contributed by atoms with Crippen LogP contribution in [0.5, 0.6) is 0 Å². The molecule has 19 heavy (non-hydrogen) atoms. The zero-order chi connectivity index (χ0) is 13.3. The van der Waals surface area contributed by atoms with Gasteiger partial charge in [0.25, 0.3) is 0 Å². The van der Waals surface area contributed by atoms with Gasteiger partial charge in [-0.05, 0) is 32.4 Å². The third kappa shape index (κ3) is 2.31. The zero-order valence-corrected chi connectivity index (χ0v) is 11.9. The van der Waals surface area contributed by atoms with E-state index in [1.165, 1.54) is 11.1 Å². The molecule has 2 aliphatic rings. The van der Waals surface area contributed by atoms with Crippen molar-refractivity contribution >= 4 is 0 Å². The number of benzene rings is 1. The van der Waals surface area contributed by atoms with Gasteiger partial charge in [0.1, 0.15) is 0 Å². The average Bonchev–Trinajstić information content (AvgIpc) is 2.89. The number of hydrogen-bond donors (Lipinski definition) is 1. The van der Waals surface area contributed by atoms with Crippen LogP contribution in [0.2, 0.25) is 0 Å². The minimum Gasteiger partial charge on any atom is -0.348 e. The van der Waals surface area contributed by atoms with Crippen LogP contribution in [-0.4, -0.2) is 26.0 Å². The summed E-state index contributed by atoms with van der Waals surface area (Å²) in [7, 11) is 2.07. The zero-order valence-electron chi connectivity index (χ0n) is 11.9. The molecule has 1 aromatic rings. The van der Waals surface area contributed by atoms with Gasteiger partial charge in [0.15, 0.2) is 5.79 Å². The smallest absolute Gasteiger partial charge is 0.168 e. The molecule has 2 fully saturated rings. The minimum absolute atomic E-state index is 0.0760. The second kappa shape index (κ2) is 4.89. The summed E-state index contributed by atoms with van der Waals surface area (Å²) in [5.74, 6) is -0.288. The van der Waals surface area contributed by atoms with Crippen molar-refractivity contribution in [2.45, 2.75) is 43.9 Å². The molecule has 3 heteroatoms. The number of hydrogen-bond acceptors (Lipinski definition) is 3. The highest BCUT2D eigenvalue weighted by Gasteiger charge is 2.46. The first-order valence-corrected chi connectivity index (χ1v) is 7.22. The Kier molecular flexibility index (Phi) is 3.37. The van der Waals surface area contributed by atoms with Gasteiger partial charge in [-0.15, -0.1) is 0 Å². The molecule has 3 nitrogen and oxygen atoms in total. The summed E-state index contributed by atoms with van der Waals surface area (Å²) < 4.78 is 11.7. The van der Waals surface area contributed by atoms with Gasteiger partial charge in [0, 0.05) is 18.4 Å². The van der Waals surface area contributed by atoms with Gasteiger partial charge in [-0.1, -0.05) is 29.8 Å². The monoisotopic (exact) mass is 261 g/mol. The highest BCUT2D eigenvalue weighted by molar-refractivity contribution is 5.30. The summed E-state index contributed by atoms with van der Waals surface area (Å²) in [6.45, 7) is 3.65. The lowest BCUT2D eigenvalue weighted by atomic mass is 9.74. The predicted octanol–water partition coefficient (Wildman–Crippen LogP) is 2.73. The summed E-state index contributed by atoms with van der Waals surface area (Å²) in [5.41, 5.74) is 2.79. The van der Waals surface area contributed by atoms with Gasteiger partial charge < -0.3 is 14.8 Å². The lowest BCUT2D eigenvalue weighted by molar-refractivity contribution is -0.186. The van der Waals surface area contributed by atoms with E-state index in [9.17, 15) is 0 Å². The second-order valence-electron chi connectivity index (χ2n) is 5.81. The maximum absolute atomic E-state index is 5.83. The highest BCUT2D eigenvalue weighted by Crippen LogP contribution is 2.44. The van der Waals surface area contributed by atoms with Crippen LogP contribution in [0.15, 0.2) is 24.3 Å². The Balaban J connectivity index is 1.82. The Morgan fingerprint density at radius 1 is 1.05 bits per heavy atom. The van der Waals surface area contributed by atoms with Gasteiger partial charge in [-0.2, -0.15) is 0 Å². The van der Waals surface area contributed by atoms with Crippen molar-refractivity contribution in [2.24, 2.45) is 0 Å². The Labute approximate surface area is 115 Å². The summed E-state index contributed by atoms with van der Waals surface area (Å²) >= 11 is 0. The van der Waals surface area contributed by atoms with E-state index in [1.54, 1.807) is 0 Å². The third-order valence-electron chi connectivity index (χ3n) is 4.73. The molecule has 0 radical (unpaired) electrons. The molecular formula is C16H23NO2. The lowest BCUT2D eigenvalue weighted by Crippen LogP contribution is -2.48. The average molecular weight is 261 g/mol. The van der Waals surface area contributed by atoms with E-state index in [2.05, 4.69) is 43.6 Å². The number of aryl methyl sites for hydroxylation is 1. The molecule has 1 aromatic carbocycles. The quantitative estimate of drug-likeness (QED) is 0.888. The molecule has 1 N–H and O–H groups in total. The molecule has 0 bridgehead atoms. The number of rotatable bonds is 2. The fourth-order valence-electron chi connectivity index (χ4n) is 3.47. The second-order valence-corrected chi connectivity index (χ2v) is 5.81. The Bertz CT molecular complexity index is 442.